The standard InChI is InChI=1S/C13H19FN2/c1-10-5-7-11(8-6-10)9-15-13-4-2-3-12(14)16-13/h2-4,10-11H,5-9H2,1H3,(H,15,16). The highest BCUT2D eigenvalue weighted by Gasteiger charge is 2.17. The molecule has 1 fully saturated rings. The maximum absolute atomic E-state index is 12.8. The first-order valence-electron chi connectivity index (χ1n) is 6.10. The van der Waals surface area contributed by atoms with Gasteiger partial charge in [-0.1, -0.05) is 25.8 Å². The van der Waals surface area contributed by atoms with Gasteiger partial charge in [-0.15, -0.1) is 0 Å². The van der Waals surface area contributed by atoms with Gasteiger partial charge in [-0.25, -0.2) is 4.98 Å². The van der Waals surface area contributed by atoms with Gasteiger partial charge in [0.15, 0.2) is 0 Å². The monoisotopic (exact) mass is 222 g/mol. The van der Waals surface area contributed by atoms with Crippen LogP contribution in [0, 0.1) is 17.8 Å². The number of hydrogen-bond donors (Lipinski definition) is 1. The van der Waals surface area contributed by atoms with Crippen LogP contribution in [0.25, 0.3) is 0 Å². The van der Waals surface area contributed by atoms with Crippen molar-refractivity contribution in [1.82, 2.24) is 4.98 Å². The zero-order valence-electron chi connectivity index (χ0n) is 9.75. The second-order valence-electron chi connectivity index (χ2n) is 4.85. The maximum atomic E-state index is 12.8. The lowest BCUT2D eigenvalue weighted by atomic mass is 9.83. The van der Waals surface area contributed by atoms with Gasteiger partial charge < -0.3 is 5.32 Å². The summed E-state index contributed by atoms with van der Waals surface area (Å²) in [5.74, 6) is 1.84. The molecule has 1 aliphatic carbocycles. The minimum absolute atomic E-state index is 0.415. The Morgan fingerprint density at radius 3 is 2.75 bits per heavy atom. The molecule has 0 unspecified atom stereocenters. The number of hydrogen-bond acceptors (Lipinski definition) is 2. The molecule has 0 atom stereocenters. The number of aromatic nitrogens is 1. The fourth-order valence-corrected chi connectivity index (χ4v) is 2.29. The predicted octanol–water partition coefficient (Wildman–Crippen LogP) is 3.46. The normalized spacial score (nSPS) is 25.4. The summed E-state index contributed by atoms with van der Waals surface area (Å²) in [5, 5.41) is 3.22. The average Bonchev–Trinajstić information content (AvgIpc) is 2.28. The molecule has 0 amide bonds. The van der Waals surface area contributed by atoms with Gasteiger partial charge in [0.05, 0.1) is 0 Å². The molecule has 16 heavy (non-hydrogen) atoms. The lowest BCUT2D eigenvalue weighted by Gasteiger charge is -2.26. The summed E-state index contributed by atoms with van der Waals surface area (Å²) in [6.45, 7) is 3.24. The molecule has 0 aliphatic heterocycles. The molecule has 1 saturated carbocycles. The number of anilines is 1. The van der Waals surface area contributed by atoms with Crippen molar-refractivity contribution in [2.45, 2.75) is 32.6 Å². The van der Waals surface area contributed by atoms with Crippen LogP contribution in [0.2, 0.25) is 0 Å². The van der Waals surface area contributed by atoms with Crippen LogP contribution in [0.15, 0.2) is 18.2 Å². The van der Waals surface area contributed by atoms with E-state index in [2.05, 4.69) is 17.2 Å². The topological polar surface area (TPSA) is 24.9 Å². The largest absolute Gasteiger partial charge is 0.370 e. The molecule has 1 aromatic heterocycles. The Hall–Kier alpha value is -1.12. The van der Waals surface area contributed by atoms with Crippen LogP contribution in [-0.4, -0.2) is 11.5 Å². The van der Waals surface area contributed by atoms with E-state index in [1.807, 2.05) is 6.07 Å². The summed E-state index contributed by atoms with van der Waals surface area (Å²) in [7, 11) is 0. The second kappa shape index (κ2) is 5.28. The van der Waals surface area contributed by atoms with Crippen molar-refractivity contribution in [2.75, 3.05) is 11.9 Å². The van der Waals surface area contributed by atoms with Gasteiger partial charge in [0, 0.05) is 6.54 Å². The van der Waals surface area contributed by atoms with E-state index in [4.69, 9.17) is 0 Å². The van der Waals surface area contributed by atoms with E-state index >= 15 is 0 Å². The summed E-state index contributed by atoms with van der Waals surface area (Å²) < 4.78 is 12.8. The molecule has 1 aliphatic rings. The molecule has 0 aromatic carbocycles. The van der Waals surface area contributed by atoms with Crippen molar-refractivity contribution in [1.29, 1.82) is 0 Å². The molecular formula is C13H19FN2. The fraction of sp³-hybridized carbons (Fsp3) is 0.615. The molecule has 1 aromatic rings. The first kappa shape index (κ1) is 11.4. The lowest BCUT2D eigenvalue weighted by molar-refractivity contribution is 0.300. The smallest absolute Gasteiger partial charge is 0.214 e. The van der Waals surface area contributed by atoms with E-state index < -0.39 is 5.95 Å². The zero-order valence-corrected chi connectivity index (χ0v) is 9.75. The van der Waals surface area contributed by atoms with Gasteiger partial charge in [-0.2, -0.15) is 4.39 Å². The minimum Gasteiger partial charge on any atom is -0.370 e. The highest BCUT2D eigenvalue weighted by atomic mass is 19.1. The quantitative estimate of drug-likeness (QED) is 0.792. The molecule has 2 rings (SSSR count). The predicted molar refractivity (Wildman–Crippen MR) is 63.8 cm³/mol. The summed E-state index contributed by atoms with van der Waals surface area (Å²) in [5.41, 5.74) is 0. The molecule has 2 nitrogen and oxygen atoms in total. The Morgan fingerprint density at radius 2 is 2.06 bits per heavy atom. The molecule has 0 radical (unpaired) electrons. The Bertz CT molecular complexity index is 332. The number of nitrogens with one attached hydrogen (secondary N) is 1. The lowest BCUT2D eigenvalue weighted by Crippen LogP contribution is -2.20. The molecule has 0 bridgehead atoms. The summed E-state index contributed by atoms with van der Waals surface area (Å²) >= 11 is 0. The highest BCUT2D eigenvalue weighted by molar-refractivity contribution is 5.33. The zero-order chi connectivity index (χ0) is 11.4. The van der Waals surface area contributed by atoms with E-state index in [9.17, 15) is 4.39 Å². The van der Waals surface area contributed by atoms with E-state index in [1.165, 1.54) is 31.7 Å². The van der Waals surface area contributed by atoms with Crippen molar-refractivity contribution in [3.8, 4) is 0 Å². The van der Waals surface area contributed by atoms with Crippen LogP contribution in [0.1, 0.15) is 32.6 Å². The van der Waals surface area contributed by atoms with Crippen molar-refractivity contribution in [3.05, 3.63) is 24.1 Å². The Kier molecular flexibility index (Phi) is 3.75. The molecule has 3 heteroatoms. The van der Waals surface area contributed by atoms with Gasteiger partial charge in [0.2, 0.25) is 5.95 Å². The maximum Gasteiger partial charge on any atom is 0.214 e. The Balaban J connectivity index is 1.79. The summed E-state index contributed by atoms with van der Waals surface area (Å²) in [4.78, 5) is 3.79. The van der Waals surface area contributed by atoms with Crippen LogP contribution < -0.4 is 5.32 Å². The van der Waals surface area contributed by atoms with Crippen molar-refractivity contribution >= 4 is 5.82 Å². The van der Waals surface area contributed by atoms with E-state index in [1.54, 1.807) is 6.07 Å². The van der Waals surface area contributed by atoms with Gasteiger partial charge >= 0.3 is 0 Å². The van der Waals surface area contributed by atoms with Crippen LogP contribution in [0.4, 0.5) is 10.2 Å². The minimum atomic E-state index is -0.415. The summed E-state index contributed by atoms with van der Waals surface area (Å²) in [6, 6.07) is 4.87. The highest BCUT2D eigenvalue weighted by Crippen LogP contribution is 2.28. The Labute approximate surface area is 96.3 Å². The summed E-state index contributed by atoms with van der Waals surface area (Å²) in [6.07, 6.45) is 5.21. The van der Waals surface area contributed by atoms with Crippen LogP contribution in [0.5, 0.6) is 0 Å². The Morgan fingerprint density at radius 1 is 1.31 bits per heavy atom. The van der Waals surface area contributed by atoms with Crippen LogP contribution in [-0.2, 0) is 0 Å². The van der Waals surface area contributed by atoms with Crippen LogP contribution >= 0.6 is 0 Å². The van der Waals surface area contributed by atoms with Gasteiger partial charge in [-0.3, -0.25) is 0 Å². The second-order valence-corrected chi connectivity index (χ2v) is 4.85. The number of nitrogens with zero attached hydrogens (tertiary/aromatic N) is 1. The van der Waals surface area contributed by atoms with Crippen LogP contribution in [0.3, 0.4) is 0 Å². The number of pyridine rings is 1. The number of halogens is 1. The molecule has 0 spiro atoms. The third-order valence-corrected chi connectivity index (χ3v) is 3.42. The molecule has 1 heterocycles. The molecule has 1 N–H and O–H groups in total. The number of rotatable bonds is 3. The van der Waals surface area contributed by atoms with Crippen molar-refractivity contribution < 1.29 is 4.39 Å². The molecule has 88 valence electrons. The first-order chi connectivity index (χ1) is 7.74. The third-order valence-electron chi connectivity index (χ3n) is 3.42. The van der Waals surface area contributed by atoms with Crippen molar-refractivity contribution in [3.63, 3.8) is 0 Å². The first-order valence-corrected chi connectivity index (χ1v) is 6.10. The van der Waals surface area contributed by atoms with Gasteiger partial charge in [0.25, 0.3) is 0 Å². The average molecular weight is 222 g/mol. The van der Waals surface area contributed by atoms with E-state index in [0.717, 1.165) is 18.4 Å². The fourth-order valence-electron chi connectivity index (χ4n) is 2.29. The van der Waals surface area contributed by atoms with Gasteiger partial charge in [-0.05, 0) is 36.8 Å². The molecule has 0 saturated heterocycles. The van der Waals surface area contributed by atoms with Gasteiger partial charge in [0.1, 0.15) is 5.82 Å². The van der Waals surface area contributed by atoms with E-state index in [0.29, 0.717) is 5.82 Å². The SMILES string of the molecule is CC1CCC(CNc2cccc(F)n2)CC1. The van der Waals surface area contributed by atoms with E-state index in [-0.39, 0.29) is 0 Å². The van der Waals surface area contributed by atoms with Crippen molar-refractivity contribution in [2.24, 2.45) is 11.8 Å². The third kappa shape index (κ3) is 3.19. The molecular weight excluding hydrogens is 203 g/mol.